The summed E-state index contributed by atoms with van der Waals surface area (Å²) >= 11 is 0. The van der Waals surface area contributed by atoms with Gasteiger partial charge in [0.25, 0.3) is 0 Å². The molecule has 11 heavy (non-hydrogen) atoms. The van der Waals surface area contributed by atoms with Crippen LogP contribution in [0.15, 0.2) is 17.8 Å². The van der Waals surface area contributed by atoms with E-state index < -0.39 is 0 Å². The van der Waals surface area contributed by atoms with E-state index in [9.17, 15) is 4.79 Å². The number of H-pyrrole nitrogens is 1. The van der Waals surface area contributed by atoms with Crippen LogP contribution >= 0.6 is 0 Å². The van der Waals surface area contributed by atoms with Gasteiger partial charge in [-0.05, 0) is 36.1 Å². The standard InChI is InChI=1S/C9H9NO/c11-6-7-1-2-8-3-4-10-9(8)5-7/h3-6,10H,1-2H2. The molecule has 1 heterocycles. The number of rotatable bonds is 1. The smallest absolute Gasteiger partial charge is 0.146 e. The summed E-state index contributed by atoms with van der Waals surface area (Å²) in [5.74, 6) is 0. The van der Waals surface area contributed by atoms with Crippen molar-refractivity contribution in [1.82, 2.24) is 4.98 Å². The molecule has 1 aliphatic carbocycles. The molecule has 56 valence electrons. The summed E-state index contributed by atoms with van der Waals surface area (Å²) in [7, 11) is 0. The molecule has 1 aliphatic rings. The minimum atomic E-state index is 0.883. The Balaban J connectivity index is 2.44. The molecular weight excluding hydrogens is 138 g/mol. The molecule has 0 aliphatic heterocycles. The van der Waals surface area contributed by atoms with Crippen LogP contribution in [0.2, 0.25) is 0 Å². The average Bonchev–Trinajstić information content (AvgIpc) is 2.50. The van der Waals surface area contributed by atoms with E-state index in [1.54, 1.807) is 0 Å². The third-order valence-electron chi connectivity index (χ3n) is 2.03. The van der Waals surface area contributed by atoms with E-state index in [-0.39, 0.29) is 0 Å². The predicted molar refractivity (Wildman–Crippen MR) is 43.2 cm³/mol. The second-order valence-corrected chi connectivity index (χ2v) is 2.75. The van der Waals surface area contributed by atoms with Gasteiger partial charge in [-0.25, -0.2) is 0 Å². The number of fused-ring (bicyclic) bond motifs is 1. The van der Waals surface area contributed by atoms with Gasteiger partial charge in [0.15, 0.2) is 0 Å². The monoisotopic (exact) mass is 147 g/mol. The fourth-order valence-corrected chi connectivity index (χ4v) is 1.40. The zero-order chi connectivity index (χ0) is 7.68. The number of hydrogen-bond donors (Lipinski definition) is 1. The number of aryl methyl sites for hydroxylation is 1. The topological polar surface area (TPSA) is 32.9 Å². The highest BCUT2D eigenvalue weighted by molar-refractivity contribution is 5.82. The molecule has 0 saturated heterocycles. The number of allylic oxidation sites excluding steroid dienone is 1. The summed E-state index contributed by atoms with van der Waals surface area (Å²) < 4.78 is 0. The molecule has 2 rings (SSSR count). The van der Waals surface area contributed by atoms with Crippen LogP contribution in [-0.4, -0.2) is 11.3 Å². The fourth-order valence-electron chi connectivity index (χ4n) is 1.40. The number of aromatic amines is 1. The van der Waals surface area contributed by atoms with Gasteiger partial charge in [0, 0.05) is 11.9 Å². The number of aldehydes is 1. The van der Waals surface area contributed by atoms with E-state index in [2.05, 4.69) is 11.1 Å². The molecule has 0 amide bonds. The van der Waals surface area contributed by atoms with E-state index in [0.717, 1.165) is 30.4 Å². The molecule has 0 radical (unpaired) electrons. The van der Waals surface area contributed by atoms with Crippen LogP contribution in [0, 0.1) is 0 Å². The quantitative estimate of drug-likeness (QED) is 0.600. The Labute approximate surface area is 64.9 Å². The zero-order valence-corrected chi connectivity index (χ0v) is 6.13. The molecule has 0 aromatic carbocycles. The molecule has 0 saturated carbocycles. The maximum Gasteiger partial charge on any atom is 0.146 e. The van der Waals surface area contributed by atoms with Crippen molar-refractivity contribution in [2.24, 2.45) is 0 Å². The number of aromatic nitrogens is 1. The van der Waals surface area contributed by atoms with Crippen LogP contribution in [0.5, 0.6) is 0 Å². The average molecular weight is 147 g/mol. The van der Waals surface area contributed by atoms with E-state index in [4.69, 9.17) is 0 Å². The highest BCUT2D eigenvalue weighted by Crippen LogP contribution is 2.20. The van der Waals surface area contributed by atoms with Gasteiger partial charge in [0.05, 0.1) is 0 Å². The van der Waals surface area contributed by atoms with Crippen molar-refractivity contribution < 1.29 is 4.79 Å². The summed E-state index contributed by atoms with van der Waals surface area (Å²) in [6.45, 7) is 0. The van der Waals surface area contributed by atoms with Gasteiger partial charge in [-0.1, -0.05) is 0 Å². The van der Waals surface area contributed by atoms with Gasteiger partial charge in [-0.3, -0.25) is 4.79 Å². The highest BCUT2D eigenvalue weighted by Gasteiger charge is 2.09. The second-order valence-electron chi connectivity index (χ2n) is 2.75. The molecular formula is C9H9NO. The molecule has 1 aromatic rings. The molecule has 1 N–H and O–H groups in total. The summed E-state index contributed by atoms with van der Waals surface area (Å²) in [6.07, 6.45) is 6.64. The number of nitrogens with one attached hydrogen (secondary N) is 1. The van der Waals surface area contributed by atoms with Crippen LogP contribution < -0.4 is 0 Å². The SMILES string of the molecule is O=CC1=Cc2[nH]ccc2CC1. The highest BCUT2D eigenvalue weighted by atomic mass is 16.1. The van der Waals surface area contributed by atoms with Crippen molar-refractivity contribution in [1.29, 1.82) is 0 Å². The predicted octanol–water partition coefficient (Wildman–Crippen LogP) is 1.54. The maximum absolute atomic E-state index is 10.4. The minimum Gasteiger partial charge on any atom is -0.361 e. The lowest BCUT2D eigenvalue weighted by Gasteiger charge is -2.07. The van der Waals surface area contributed by atoms with Crippen molar-refractivity contribution in [2.45, 2.75) is 12.8 Å². The van der Waals surface area contributed by atoms with Gasteiger partial charge < -0.3 is 4.98 Å². The first-order chi connectivity index (χ1) is 5.40. The second kappa shape index (κ2) is 2.38. The molecule has 2 heteroatoms. The van der Waals surface area contributed by atoms with E-state index >= 15 is 0 Å². The van der Waals surface area contributed by atoms with Crippen LogP contribution in [0.3, 0.4) is 0 Å². The Kier molecular flexibility index (Phi) is 1.39. The van der Waals surface area contributed by atoms with Crippen LogP contribution in [0.25, 0.3) is 6.08 Å². The Hall–Kier alpha value is -1.31. The van der Waals surface area contributed by atoms with Gasteiger partial charge in [-0.15, -0.1) is 0 Å². The van der Waals surface area contributed by atoms with E-state index in [1.165, 1.54) is 5.56 Å². The lowest BCUT2D eigenvalue weighted by molar-refractivity contribution is -0.105. The normalized spacial score (nSPS) is 15.5. The Bertz CT molecular complexity index is 309. The Morgan fingerprint density at radius 1 is 1.45 bits per heavy atom. The molecule has 0 spiro atoms. The summed E-state index contributed by atoms with van der Waals surface area (Å²) in [4.78, 5) is 13.5. The zero-order valence-electron chi connectivity index (χ0n) is 6.13. The number of carbonyl (C=O) groups excluding carboxylic acids is 1. The molecule has 0 unspecified atom stereocenters. The van der Waals surface area contributed by atoms with E-state index in [0.29, 0.717) is 0 Å². The molecule has 0 atom stereocenters. The molecule has 0 bridgehead atoms. The third-order valence-corrected chi connectivity index (χ3v) is 2.03. The number of carbonyl (C=O) groups is 1. The van der Waals surface area contributed by atoms with Gasteiger partial charge in [0.2, 0.25) is 0 Å². The number of hydrogen-bond acceptors (Lipinski definition) is 1. The van der Waals surface area contributed by atoms with Crippen molar-refractivity contribution >= 4 is 12.4 Å². The summed E-state index contributed by atoms with van der Waals surface area (Å²) in [5, 5.41) is 0. The first-order valence-corrected chi connectivity index (χ1v) is 3.72. The van der Waals surface area contributed by atoms with Crippen LogP contribution in [0.1, 0.15) is 17.7 Å². The van der Waals surface area contributed by atoms with Gasteiger partial charge in [-0.2, -0.15) is 0 Å². The maximum atomic E-state index is 10.4. The minimum absolute atomic E-state index is 0.883. The van der Waals surface area contributed by atoms with Gasteiger partial charge in [0.1, 0.15) is 6.29 Å². The summed E-state index contributed by atoms with van der Waals surface area (Å²) in [5.41, 5.74) is 3.30. The lowest BCUT2D eigenvalue weighted by atomic mass is 9.99. The third kappa shape index (κ3) is 1.00. The van der Waals surface area contributed by atoms with Crippen molar-refractivity contribution in [2.75, 3.05) is 0 Å². The molecule has 1 aromatic heterocycles. The Morgan fingerprint density at radius 3 is 3.18 bits per heavy atom. The lowest BCUT2D eigenvalue weighted by Crippen LogP contribution is -1.97. The van der Waals surface area contributed by atoms with Crippen molar-refractivity contribution in [3.63, 3.8) is 0 Å². The Morgan fingerprint density at radius 2 is 2.36 bits per heavy atom. The first-order valence-electron chi connectivity index (χ1n) is 3.72. The van der Waals surface area contributed by atoms with Gasteiger partial charge >= 0.3 is 0 Å². The van der Waals surface area contributed by atoms with E-state index in [1.807, 2.05) is 12.3 Å². The van der Waals surface area contributed by atoms with Crippen LogP contribution in [0.4, 0.5) is 0 Å². The molecule has 0 fully saturated rings. The molecule has 2 nitrogen and oxygen atoms in total. The van der Waals surface area contributed by atoms with Crippen molar-refractivity contribution in [3.8, 4) is 0 Å². The first kappa shape index (κ1) is 6.40. The summed E-state index contributed by atoms with van der Waals surface area (Å²) in [6, 6.07) is 2.06. The van der Waals surface area contributed by atoms with Crippen molar-refractivity contribution in [3.05, 3.63) is 29.1 Å². The van der Waals surface area contributed by atoms with Crippen LogP contribution in [-0.2, 0) is 11.2 Å². The fraction of sp³-hybridized carbons (Fsp3) is 0.222. The largest absolute Gasteiger partial charge is 0.361 e.